The molecule has 4 aromatic carbocycles. The highest BCUT2D eigenvalue weighted by atomic mass is 79.9. The lowest BCUT2D eigenvalue weighted by molar-refractivity contribution is -0.117. The maximum absolute atomic E-state index is 13.0. The van der Waals surface area contributed by atoms with Gasteiger partial charge in [-0.15, -0.1) is 0 Å². The number of carbonyl (C=O) groups excluding carboxylic acids is 1. The van der Waals surface area contributed by atoms with Crippen LogP contribution in [-0.2, 0) is 11.3 Å². The van der Waals surface area contributed by atoms with Crippen LogP contribution in [0.2, 0.25) is 0 Å². The Balaban J connectivity index is 1.38. The van der Waals surface area contributed by atoms with Crippen molar-refractivity contribution >= 4 is 49.3 Å². The lowest BCUT2D eigenvalue weighted by atomic mass is 10.1. The van der Waals surface area contributed by atoms with E-state index in [1.54, 1.807) is 0 Å². The molecule has 1 atom stereocenters. The van der Waals surface area contributed by atoms with Crippen LogP contribution in [0.5, 0.6) is 0 Å². The Morgan fingerprint density at radius 2 is 1.64 bits per heavy atom. The summed E-state index contributed by atoms with van der Waals surface area (Å²) in [6.45, 7) is 1.37. The van der Waals surface area contributed by atoms with Crippen LogP contribution in [0.25, 0.3) is 21.8 Å². The van der Waals surface area contributed by atoms with E-state index in [2.05, 4.69) is 81.2 Å². The highest BCUT2D eigenvalue weighted by Crippen LogP contribution is 2.34. The van der Waals surface area contributed by atoms with Crippen molar-refractivity contribution in [3.8, 4) is 0 Å². The van der Waals surface area contributed by atoms with E-state index in [-0.39, 0.29) is 11.8 Å². The molecule has 2 heterocycles. The van der Waals surface area contributed by atoms with E-state index >= 15 is 0 Å². The third-order valence-electron chi connectivity index (χ3n) is 6.47. The molecule has 5 aromatic rings. The number of hydrogen-bond acceptors (Lipinski definition) is 2. The summed E-state index contributed by atoms with van der Waals surface area (Å²) >= 11 is 3.48. The molecule has 1 aromatic heterocycles. The number of fused-ring (bicyclic) bond motifs is 2. The van der Waals surface area contributed by atoms with Gasteiger partial charge in [-0.3, -0.25) is 4.79 Å². The molecule has 4 nitrogen and oxygen atoms in total. The van der Waals surface area contributed by atoms with E-state index in [9.17, 15) is 4.79 Å². The molecule has 1 aliphatic rings. The van der Waals surface area contributed by atoms with Gasteiger partial charge in [0.2, 0.25) is 5.91 Å². The van der Waals surface area contributed by atoms with Crippen molar-refractivity contribution in [3.63, 3.8) is 0 Å². The molecule has 33 heavy (non-hydrogen) atoms. The minimum atomic E-state index is 0.0500. The quantitative estimate of drug-likeness (QED) is 0.284. The predicted octanol–water partition coefficient (Wildman–Crippen LogP) is 6.52. The molecule has 162 valence electrons. The number of hydrogen-bond donors (Lipinski definition) is 0. The van der Waals surface area contributed by atoms with Crippen molar-refractivity contribution in [2.75, 3.05) is 11.4 Å². The molecule has 1 fully saturated rings. The van der Waals surface area contributed by atoms with Gasteiger partial charge >= 0.3 is 0 Å². The molecular weight excluding hydrogens is 474 g/mol. The molecule has 5 heteroatoms. The standard InChI is InChI=1S/C28H22BrN3O/c29-23-11-13-24(14-12-23)31-18-22(16-27(31)33)28-30-25-7-3-4-8-26(25)32(28)17-19-9-10-20-5-1-2-6-21(20)15-19/h1-15,22H,16-18H2. The van der Waals surface area contributed by atoms with Gasteiger partial charge in [-0.05, 0) is 58.8 Å². The SMILES string of the molecule is O=C1CC(c2nc3ccccc3n2Cc2ccc3ccccc3c2)CN1c1ccc(Br)cc1. The Bertz CT molecular complexity index is 1490. The highest BCUT2D eigenvalue weighted by molar-refractivity contribution is 9.10. The fourth-order valence-electron chi connectivity index (χ4n) is 4.84. The number of carbonyl (C=O) groups is 1. The first-order valence-electron chi connectivity index (χ1n) is 11.1. The predicted molar refractivity (Wildman–Crippen MR) is 137 cm³/mol. The summed E-state index contributed by atoms with van der Waals surface area (Å²) in [6, 6.07) is 31.2. The molecule has 1 aliphatic heterocycles. The zero-order valence-corrected chi connectivity index (χ0v) is 19.6. The van der Waals surface area contributed by atoms with E-state index in [0.717, 1.165) is 33.6 Å². The molecule has 6 rings (SSSR count). The van der Waals surface area contributed by atoms with Gasteiger partial charge in [-0.1, -0.05) is 64.5 Å². The molecule has 0 radical (unpaired) electrons. The van der Waals surface area contributed by atoms with Crippen molar-refractivity contribution in [3.05, 3.63) is 107 Å². The Labute approximate surface area is 200 Å². The van der Waals surface area contributed by atoms with E-state index in [1.807, 2.05) is 35.2 Å². The average molecular weight is 496 g/mol. The zero-order chi connectivity index (χ0) is 22.4. The van der Waals surface area contributed by atoms with Gasteiger partial charge < -0.3 is 9.47 Å². The van der Waals surface area contributed by atoms with Crippen molar-refractivity contribution in [1.82, 2.24) is 9.55 Å². The summed E-state index contributed by atoms with van der Waals surface area (Å²) in [5.74, 6) is 1.18. The number of benzene rings is 4. The van der Waals surface area contributed by atoms with Gasteiger partial charge in [-0.2, -0.15) is 0 Å². The van der Waals surface area contributed by atoms with Crippen LogP contribution in [-0.4, -0.2) is 22.0 Å². The molecular formula is C28H22BrN3O. The number of para-hydroxylation sites is 2. The summed E-state index contributed by atoms with van der Waals surface area (Å²) in [6.07, 6.45) is 0.469. The van der Waals surface area contributed by atoms with Crippen LogP contribution >= 0.6 is 15.9 Å². The van der Waals surface area contributed by atoms with E-state index in [0.29, 0.717) is 13.0 Å². The molecule has 0 saturated carbocycles. The Morgan fingerprint density at radius 1 is 0.879 bits per heavy atom. The fourth-order valence-corrected chi connectivity index (χ4v) is 5.11. The Morgan fingerprint density at radius 3 is 2.48 bits per heavy atom. The van der Waals surface area contributed by atoms with Gasteiger partial charge in [0.05, 0.1) is 11.0 Å². The second-order valence-electron chi connectivity index (χ2n) is 8.61. The maximum Gasteiger partial charge on any atom is 0.227 e. The first kappa shape index (κ1) is 20.2. The van der Waals surface area contributed by atoms with Crippen LogP contribution in [0.3, 0.4) is 0 Å². The third-order valence-corrected chi connectivity index (χ3v) is 7.00. The number of imidazole rings is 1. The average Bonchev–Trinajstić information content (AvgIpc) is 3.40. The largest absolute Gasteiger partial charge is 0.323 e. The van der Waals surface area contributed by atoms with E-state index in [4.69, 9.17) is 4.98 Å². The van der Waals surface area contributed by atoms with Crippen LogP contribution < -0.4 is 4.90 Å². The first-order valence-corrected chi connectivity index (χ1v) is 11.9. The topological polar surface area (TPSA) is 38.1 Å². The first-order chi connectivity index (χ1) is 16.2. The maximum atomic E-state index is 13.0. The fraction of sp³-hybridized carbons (Fsp3) is 0.143. The molecule has 0 bridgehead atoms. The molecule has 0 spiro atoms. The van der Waals surface area contributed by atoms with Crippen molar-refractivity contribution < 1.29 is 4.79 Å². The van der Waals surface area contributed by atoms with Gasteiger partial charge in [0.15, 0.2) is 0 Å². The molecule has 0 N–H and O–H groups in total. The Kier molecular flexibility index (Phi) is 4.99. The summed E-state index contributed by atoms with van der Waals surface area (Å²) in [5, 5.41) is 2.47. The summed E-state index contributed by atoms with van der Waals surface area (Å²) in [5.41, 5.74) is 4.24. The summed E-state index contributed by atoms with van der Waals surface area (Å²) in [7, 11) is 0. The number of halogens is 1. The lowest BCUT2D eigenvalue weighted by Crippen LogP contribution is -2.24. The smallest absolute Gasteiger partial charge is 0.227 e. The normalized spacial score (nSPS) is 16.2. The van der Waals surface area contributed by atoms with Crippen LogP contribution in [0.1, 0.15) is 23.7 Å². The number of aromatic nitrogens is 2. The molecule has 0 aliphatic carbocycles. The lowest BCUT2D eigenvalue weighted by Gasteiger charge is -2.18. The van der Waals surface area contributed by atoms with Crippen molar-refractivity contribution in [1.29, 1.82) is 0 Å². The molecule has 1 saturated heterocycles. The number of nitrogens with zero attached hydrogens (tertiary/aromatic N) is 3. The highest BCUT2D eigenvalue weighted by Gasteiger charge is 2.34. The Hall–Kier alpha value is -3.44. The number of amides is 1. The van der Waals surface area contributed by atoms with Crippen molar-refractivity contribution in [2.24, 2.45) is 0 Å². The van der Waals surface area contributed by atoms with Gasteiger partial charge in [0.25, 0.3) is 0 Å². The number of anilines is 1. The van der Waals surface area contributed by atoms with Crippen LogP contribution in [0.15, 0.2) is 95.5 Å². The van der Waals surface area contributed by atoms with E-state index < -0.39 is 0 Å². The second-order valence-corrected chi connectivity index (χ2v) is 9.52. The van der Waals surface area contributed by atoms with Crippen molar-refractivity contribution in [2.45, 2.75) is 18.9 Å². The minimum absolute atomic E-state index is 0.0500. The van der Waals surface area contributed by atoms with Crippen LogP contribution in [0.4, 0.5) is 5.69 Å². The van der Waals surface area contributed by atoms with Gasteiger partial charge in [0, 0.05) is 35.6 Å². The molecule has 1 unspecified atom stereocenters. The monoisotopic (exact) mass is 495 g/mol. The third kappa shape index (κ3) is 3.72. The van der Waals surface area contributed by atoms with Gasteiger partial charge in [0.1, 0.15) is 5.82 Å². The summed E-state index contributed by atoms with van der Waals surface area (Å²) in [4.78, 5) is 19.8. The van der Waals surface area contributed by atoms with Crippen LogP contribution in [0, 0.1) is 0 Å². The number of rotatable bonds is 4. The second kappa shape index (κ2) is 8.16. The zero-order valence-electron chi connectivity index (χ0n) is 18.0. The van der Waals surface area contributed by atoms with E-state index in [1.165, 1.54) is 16.3 Å². The van der Waals surface area contributed by atoms with Gasteiger partial charge in [-0.25, -0.2) is 4.98 Å². The minimum Gasteiger partial charge on any atom is -0.323 e. The molecule has 1 amide bonds. The summed E-state index contributed by atoms with van der Waals surface area (Å²) < 4.78 is 3.30.